The number of nitrogens with one attached hydrogen (secondary N) is 1. The molecule has 1 aliphatic rings. The Labute approximate surface area is 119 Å². The van der Waals surface area contributed by atoms with E-state index in [0.29, 0.717) is 17.7 Å². The van der Waals surface area contributed by atoms with E-state index in [-0.39, 0.29) is 11.8 Å². The average Bonchev–Trinajstić information content (AvgIpc) is 2.71. The summed E-state index contributed by atoms with van der Waals surface area (Å²) in [6.07, 6.45) is 2.85. The van der Waals surface area contributed by atoms with Gasteiger partial charge in [0, 0.05) is 6.54 Å². The molecule has 0 bridgehead atoms. The lowest BCUT2D eigenvalue weighted by Crippen LogP contribution is -2.32. The molecule has 0 aromatic heterocycles. The number of imide groups is 1. The van der Waals surface area contributed by atoms with Gasteiger partial charge in [-0.05, 0) is 51.0 Å². The van der Waals surface area contributed by atoms with Crippen LogP contribution in [-0.4, -0.2) is 42.9 Å². The van der Waals surface area contributed by atoms with Gasteiger partial charge in [0.1, 0.15) is 0 Å². The SMILES string of the molecule is NCCCCNCCC[15N]1C(=O)c2ccccc2C1=O. The zero-order valence-corrected chi connectivity index (χ0v) is 11.6. The summed E-state index contributed by atoms with van der Waals surface area (Å²) in [5.41, 5.74) is 6.46. The minimum Gasteiger partial charge on any atom is -0.330 e. The first-order valence-corrected chi connectivity index (χ1v) is 7.11. The lowest BCUT2D eigenvalue weighted by molar-refractivity contribution is 0.0652. The molecule has 3 N–H and O–H groups in total. The highest BCUT2D eigenvalue weighted by Gasteiger charge is 2.34. The zero-order chi connectivity index (χ0) is 14.4. The molecule has 1 aliphatic heterocycles. The van der Waals surface area contributed by atoms with Crippen LogP contribution in [0.15, 0.2) is 24.3 Å². The molecule has 20 heavy (non-hydrogen) atoms. The van der Waals surface area contributed by atoms with E-state index in [2.05, 4.69) is 5.32 Å². The summed E-state index contributed by atoms with van der Waals surface area (Å²) in [5, 5.41) is 3.29. The number of rotatable bonds is 8. The van der Waals surface area contributed by atoms with E-state index in [0.717, 1.165) is 38.9 Å². The maximum atomic E-state index is 12.1. The van der Waals surface area contributed by atoms with Crippen LogP contribution in [-0.2, 0) is 0 Å². The molecule has 0 aliphatic carbocycles. The Hall–Kier alpha value is -1.72. The number of carbonyl (C=O) groups is 2. The summed E-state index contributed by atoms with van der Waals surface area (Å²) in [4.78, 5) is 25.5. The fourth-order valence-electron chi connectivity index (χ4n) is 2.32. The fourth-order valence-corrected chi connectivity index (χ4v) is 2.32. The molecule has 0 spiro atoms. The molecule has 0 saturated carbocycles. The maximum absolute atomic E-state index is 12.1. The van der Waals surface area contributed by atoms with Gasteiger partial charge < -0.3 is 11.1 Å². The van der Waals surface area contributed by atoms with Gasteiger partial charge in [0.15, 0.2) is 0 Å². The largest absolute Gasteiger partial charge is 0.330 e. The van der Waals surface area contributed by atoms with Gasteiger partial charge in [-0.2, -0.15) is 0 Å². The van der Waals surface area contributed by atoms with Crippen molar-refractivity contribution in [2.75, 3.05) is 26.2 Å². The molecule has 1 heterocycles. The molecule has 0 fully saturated rings. The highest BCUT2D eigenvalue weighted by Crippen LogP contribution is 2.22. The zero-order valence-electron chi connectivity index (χ0n) is 11.6. The van der Waals surface area contributed by atoms with E-state index in [1.54, 1.807) is 24.3 Å². The number of hydrogen-bond acceptors (Lipinski definition) is 4. The number of hydrogen-bond donors (Lipinski definition) is 2. The van der Waals surface area contributed by atoms with E-state index in [1.807, 2.05) is 0 Å². The topological polar surface area (TPSA) is 75.4 Å². The third-order valence-corrected chi connectivity index (χ3v) is 3.42. The van der Waals surface area contributed by atoms with Crippen molar-refractivity contribution in [1.82, 2.24) is 10.2 Å². The van der Waals surface area contributed by atoms with Crippen LogP contribution in [0, 0.1) is 0 Å². The Balaban J connectivity index is 1.75. The second-order valence-electron chi connectivity index (χ2n) is 4.91. The molecule has 108 valence electrons. The number of nitrogens with two attached hydrogens (primary N) is 1. The van der Waals surface area contributed by atoms with Crippen molar-refractivity contribution >= 4 is 11.8 Å². The summed E-state index contributed by atoms with van der Waals surface area (Å²) in [6, 6.07) is 6.99. The molecule has 1 aromatic rings. The molecule has 0 unspecified atom stereocenters. The minimum absolute atomic E-state index is 0.172. The first-order valence-electron chi connectivity index (χ1n) is 7.11. The van der Waals surface area contributed by atoms with Crippen molar-refractivity contribution < 1.29 is 9.59 Å². The maximum Gasteiger partial charge on any atom is 0.261 e. The smallest absolute Gasteiger partial charge is 0.261 e. The minimum atomic E-state index is -0.172. The summed E-state index contributed by atoms with van der Waals surface area (Å²) in [6.45, 7) is 2.92. The van der Waals surface area contributed by atoms with E-state index < -0.39 is 0 Å². The number of unbranched alkanes of at least 4 members (excludes halogenated alkanes) is 1. The van der Waals surface area contributed by atoms with Crippen molar-refractivity contribution in [3.05, 3.63) is 35.4 Å². The molecule has 5 nitrogen and oxygen atoms in total. The van der Waals surface area contributed by atoms with Gasteiger partial charge in [0.25, 0.3) is 11.8 Å². The Bertz CT molecular complexity index is 453. The van der Waals surface area contributed by atoms with Crippen LogP contribution in [0.4, 0.5) is 0 Å². The molecule has 0 radical (unpaired) electrons. The van der Waals surface area contributed by atoms with Crippen molar-refractivity contribution in [2.24, 2.45) is 5.73 Å². The third-order valence-electron chi connectivity index (χ3n) is 3.42. The fraction of sp³-hybridized carbons (Fsp3) is 0.467. The quantitative estimate of drug-likeness (QED) is 0.422. The Kier molecular flexibility index (Phi) is 5.26. The van der Waals surface area contributed by atoms with E-state index in [4.69, 9.17) is 5.73 Å². The van der Waals surface area contributed by atoms with Crippen LogP contribution in [0.3, 0.4) is 0 Å². The second-order valence-corrected chi connectivity index (χ2v) is 4.91. The molecule has 0 saturated heterocycles. The molecular weight excluding hydrogens is 255 g/mol. The van der Waals surface area contributed by atoms with E-state index in [1.165, 1.54) is 4.90 Å². The monoisotopic (exact) mass is 276 g/mol. The van der Waals surface area contributed by atoms with Crippen molar-refractivity contribution in [3.63, 3.8) is 0 Å². The van der Waals surface area contributed by atoms with Gasteiger partial charge in [-0.1, -0.05) is 12.1 Å². The van der Waals surface area contributed by atoms with Gasteiger partial charge in [0.2, 0.25) is 0 Å². The lowest BCUT2D eigenvalue weighted by atomic mass is 10.1. The van der Waals surface area contributed by atoms with E-state index >= 15 is 0 Å². The predicted octanol–water partition coefficient (Wildman–Crippen LogP) is 1.00. The number of carbonyl (C=O) groups excluding carboxylic acids is 2. The highest BCUT2D eigenvalue weighted by molar-refractivity contribution is 6.21. The highest BCUT2D eigenvalue weighted by atomic mass is 16.3. The average molecular weight is 276 g/mol. The Morgan fingerprint density at radius 3 is 2.15 bits per heavy atom. The number of amides is 2. The van der Waals surface area contributed by atoms with Crippen molar-refractivity contribution in [1.29, 1.82) is 0 Å². The first kappa shape index (κ1) is 14.7. The van der Waals surface area contributed by atoms with Crippen molar-refractivity contribution in [2.45, 2.75) is 19.3 Å². The number of benzene rings is 1. The standard InChI is InChI=1S/C15H21N3O2/c16-8-3-4-9-17-10-5-11-18-14(19)12-6-1-2-7-13(12)15(18)20/h1-2,6-7,17H,3-5,8-11,16H2/i18+1. The van der Waals surface area contributed by atoms with E-state index in [9.17, 15) is 9.59 Å². The summed E-state index contributed by atoms with van der Waals surface area (Å²) < 4.78 is 0. The van der Waals surface area contributed by atoms with Gasteiger partial charge in [0.05, 0.1) is 11.1 Å². The number of nitrogens with zero attached hydrogens (tertiary/aromatic N) is 1. The van der Waals surface area contributed by atoms with Gasteiger partial charge in [-0.25, -0.2) is 0 Å². The Morgan fingerprint density at radius 2 is 1.55 bits per heavy atom. The van der Waals surface area contributed by atoms with Crippen LogP contribution < -0.4 is 11.1 Å². The van der Waals surface area contributed by atoms with Crippen LogP contribution in [0.25, 0.3) is 0 Å². The Morgan fingerprint density at radius 1 is 0.950 bits per heavy atom. The van der Waals surface area contributed by atoms with Crippen LogP contribution in [0.1, 0.15) is 40.0 Å². The molecule has 5 heteroatoms. The molecular formula is C15H21N3O2. The summed E-state index contributed by atoms with van der Waals surface area (Å²) >= 11 is 0. The molecule has 1 aromatic carbocycles. The van der Waals surface area contributed by atoms with Gasteiger partial charge in [-0.15, -0.1) is 0 Å². The van der Waals surface area contributed by atoms with Crippen LogP contribution in [0.2, 0.25) is 0 Å². The lowest BCUT2D eigenvalue weighted by Gasteiger charge is -2.13. The van der Waals surface area contributed by atoms with Crippen LogP contribution >= 0.6 is 0 Å². The molecule has 0 atom stereocenters. The normalized spacial score (nSPS) is 13.9. The molecule has 2 amide bonds. The predicted molar refractivity (Wildman–Crippen MR) is 77.6 cm³/mol. The third kappa shape index (κ3) is 3.23. The second kappa shape index (κ2) is 7.17. The first-order chi connectivity index (χ1) is 9.75. The van der Waals surface area contributed by atoms with Gasteiger partial charge in [-0.3, -0.25) is 14.5 Å². The van der Waals surface area contributed by atoms with Crippen LogP contribution in [0.5, 0.6) is 0 Å². The van der Waals surface area contributed by atoms with Gasteiger partial charge >= 0.3 is 0 Å². The summed E-state index contributed by atoms with van der Waals surface area (Å²) in [7, 11) is 0. The summed E-state index contributed by atoms with van der Waals surface area (Å²) in [5.74, 6) is -0.345. The number of fused-ring (bicyclic) bond motifs is 1. The van der Waals surface area contributed by atoms with Crippen molar-refractivity contribution in [3.8, 4) is 0 Å². The molecule has 2 rings (SSSR count).